The Hall–Kier alpha value is -3.26. The lowest BCUT2D eigenvalue weighted by Crippen LogP contribution is -2.47. The zero-order valence-electron chi connectivity index (χ0n) is 17.6. The van der Waals surface area contributed by atoms with E-state index in [1.54, 1.807) is 6.20 Å². The lowest BCUT2D eigenvalue weighted by Gasteiger charge is -2.36. The Balaban J connectivity index is 1.25. The summed E-state index contributed by atoms with van der Waals surface area (Å²) in [4.78, 5) is 28.1. The van der Waals surface area contributed by atoms with Crippen LogP contribution in [0.25, 0.3) is 11.4 Å². The van der Waals surface area contributed by atoms with Crippen LogP contribution in [0.3, 0.4) is 0 Å². The van der Waals surface area contributed by atoms with E-state index in [4.69, 9.17) is 0 Å². The lowest BCUT2D eigenvalue weighted by molar-refractivity contribution is 0.267. The molecule has 0 unspecified atom stereocenters. The number of anilines is 2. The largest absolute Gasteiger partial charge is 0.369 e. The minimum atomic E-state index is -0.200. The van der Waals surface area contributed by atoms with Crippen molar-refractivity contribution in [1.29, 1.82) is 0 Å². The summed E-state index contributed by atoms with van der Waals surface area (Å²) in [6.07, 6.45) is 2.43. The number of halogens is 1. The van der Waals surface area contributed by atoms with Crippen LogP contribution in [-0.4, -0.2) is 59.1 Å². The molecule has 1 aromatic carbocycles. The second-order valence-corrected chi connectivity index (χ2v) is 7.60. The van der Waals surface area contributed by atoms with Gasteiger partial charge < -0.3 is 15.2 Å². The summed E-state index contributed by atoms with van der Waals surface area (Å²) in [7, 11) is 0. The van der Waals surface area contributed by atoms with E-state index in [0.29, 0.717) is 12.2 Å². The van der Waals surface area contributed by atoms with Gasteiger partial charge in [0.25, 0.3) is 5.56 Å². The SMILES string of the molecule is CCc1cc(=O)[nH]c(-c2ccc(NCCN3CCN(c4ccc(F)cc4)CC3)nc2)n1. The Morgan fingerprint density at radius 3 is 2.55 bits per heavy atom. The number of benzene rings is 1. The zero-order valence-corrected chi connectivity index (χ0v) is 17.6. The molecule has 1 aliphatic heterocycles. The topological polar surface area (TPSA) is 77.2 Å². The Morgan fingerprint density at radius 1 is 1.10 bits per heavy atom. The molecule has 0 amide bonds. The van der Waals surface area contributed by atoms with Crippen molar-refractivity contribution in [2.75, 3.05) is 49.5 Å². The first-order valence-electron chi connectivity index (χ1n) is 10.6. The molecule has 31 heavy (non-hydrogen) atoms. The molecule has 7 nitrogen and oxygen atoms in total. The molecule has 0 spiro atoms. The number of H-pyrrole nitrogens is 1. The van der Waals surface area contributed by atoms with Gasteiger partial charge >= 0.3 is 0 Å². The van der Waals surface area contributed by atoms with Crippen molar-refractivity contribution in [1.82, 2.24) is 19.9 Å². The molecule has 162 valence electrons. The first-order chi connectivity index (χ1) is 15.1. The molecule has 3 aromatic rings. The molecule has 1 fully saturated rings. The van der Waals surface area contributed by atoms with Crippen molar-refractivity contribution >= 4 is 11.5 Å². The molecule has 2 N–H and O–H groups in total. The van der Waals surface area contributed by atoms with Crippen LogP contribution >= 0.6 is 0 Å². The van der Waals surface area contributed by atoms with Crippen LogP contribution in [0.5, 0.6) is 0 Å². The summed E-state index contributed by atoms with van der Waals surface area (Å²) in [6, 6.07) is 12.0. The molecular formula is C23H27FN6O. The molecule has 2 aromatic heterocycles. The number of rotatable bonds is 7. The van der Waals surface area contributed by atoms with Gasteiger partial charge in [-0.3, -0.25) is 9.69 Å². The Bertz CT molecular complexity index is 1040. The Labute approximate surface area is 181 Å². The van der Waals surface area contributed by atoms with Crippen LogP contribution in [0.1, 0.15) is 12.6 Å². The predicted molar refractivity (Wildman–Crippen MR) is 121 cm³/mol. The van der Waals surface area contributed by atoms with Gasteiger partial charge in [0.15, 0.2) is 0 Å². The van der Waals surface area contributed by atoms with Crippen LogP contribution in [0.15, 0.2) is 53.5 Å². The summed E-state index contributed by atoms with van der Waals surface area (Å²) in [5, 5.41) is 3.35. The average Bonchev–Trinajstić information content (AvgIpc) is 2.80. The number of aromatic nitrogens is 3. The number of piperazine rings is 1. The highest BCUT2D eigenvalue weighted by Crippen LogP contribution is 2.17. The lowest BCUT2D eigenvalue weighted by atomic mass is 10.2. The van der Waals surface area contributed by atoms with E-state index in [-0.39, 0.29) is 11.4 Å². The Kier molecular flexibility index (Phi) is 6.57. The van der Waals surface area contributed by atoms with Crippen molar-refractivity contribution in [3.8, 4) is 11.4 Å². The summed E-state index contributed by atoms with van der Waals surface area (Å²) < 4.78 is 13.1. The highest BCUT2D eigenvalue weighted by Gasteiger charge is 2.16. The maximum Gasteiger partial charge on any atom is 0.251 e. The number of hydrogen-bond donors (Lipinski definition) is 2. The third kappa shape index (κ3) is 5.46. The third-order valence-electron chi connectivity index (χ3n) is 5.49. The molecule has 0 radical (unpaired) electrons. The van der Waals surface area contributed by atoms with Crippen LogP contribution < -0.4 is 15.8 Å². The highest BCUT2D eigenvalue weighted by atomic mass is 19.1. The standard InChI is InChI=1S/C23H27FN6O/c1-2-19-15-22(31)28-23(27-19)17-3-8-21(26-16-17)25-9-10-29-11-13-30(14-12-29)20-6-4-18(24)5-7-20/h3-8,15-16H,2,9-14H2,1H3,(H,25,26)(H,27,28,31). The van der Waals surface area contributed by atoms with Crippen LogP contribution in [0, 0.1) is 5.82 Å². The molecular weight excluding hydrogens is 395 g/mol. The molecule has 1 aliphatic rings. The molecule has 0 bridgehead atoms. The van der Waals surface area contributed by atoms with Gasteiger partial charge in [0.1, 0.15) is 17.5 Å². The molecule has 8 heteroatoms. The summed E-state index contributed by atoms with van der Waals surface area (Å²) >= 11 is 0. The Morgan fingerprint density at radius 2 is 1.87 bits per heavy atom. The third-order valence-corrected chi connectivity index (χ3v) is 5.49. The van der Waals surface area contributed by atoms with E-state index < -0.39 is 0 Å². The number of aryl methyl sites for hydroxylation is 1. The number of pyridine rings is 1. The number of nitrogens with one attached hydrogen (secondary N) is 2. The van der Waals surface area contributed by atoms with Gasteiger partial charge in [0.2, 0.25) is 0 Å². The second kappa shape index (κ2) is 9.70. The first kappa shape index (κ1) is 21.0. The molecule has 1 saturated heterocycles. The minimum absolute atomic E-state index is 0.149. The van der Waals surface area contributed by atoms with Gasteiger partial charge in [-0.25, -0.2) is 14.4 Å². The fraction of sp³-hybridized carbons (Fsp3) is 0.348. The number of hydrogen-bond acceptors (Lipinski definition) is 6. The summed E-state index contributed by atoms with van der Waals surface area (Å²) in [5.74, 6) is 1.14. The van der Waals surface area contributed by atoms with Crippen molar-refractivity contribution < 1.29 is 4.39 Å². The van der Waals surface area contributed by atoms with Gasteiger partial charge in [-0.05, 0) is 42.8 Å². The second-order valence-electron chi connectivity index (χ2n) is 7.60. The molecule has 4 rings (SSSR count). The smallest absolute Gasteiger partial charge is 0.251 e. The van der Waals surface area contributed by atoms with E-state index in [1.807, 2.05) is 31.2 Å². The predicted octanol–water partition coefficient (Wildman–Crippen LogP) is 2.77. The van der Waals surface area contributed by atoms with Gasteiger partial charge in [0, 0.05) is 68.5 Å². The van der Waals surface area contributed by atoms with Crippen molar-refractivity contribution in [3.63, 3.8) is 0 Å². The molecule has 0 atom stereocenters. The van der Waals surface area contributed by atoms with Crippen molar-refractivity contribution in [2.24, 2.45) is 0 Å². The fourth-order valence-corrected chi connectivity index (χ4v) is 3.69. The monoisotopic (exact) mass is 422 g/mol. The van der Waals surface area contributed by atoms with E-state index in [1.165, 1.54) is 18.2 Å². The molecule has 0 aliphatic carbocycles. The number of aromatic amines is 1. The van der Waals surface area contributed by atoms with Gasteiger partial charge in [0.05, 0.1) is 0 Å². The minimum Gasteiger partial charge on any atom is -0.369 e. The normalized spacial score (nSPS) is 14.6. The average molecular weight is 423 g/mol. The quantitative estimate of drug-likeness (QED) is 0.610. The number of nitrogens with zero attached hydrogens (tertiary/aromatic N) is 4. The van der Waals surface area contributed by atoms with E-state index in [0.717, 1.165) is 62.0 Å². The van der Waals surface area contributed by atoms with E-state index in [9.17, 15) is 9.18 Å². The van der Waals surface area contributed by atoms with E-state index in [2.05, 4.69) is 30.1 Å². The van der Waals surface area contributed by atoms with Crippen LogP contribution in [0.2, 0.25) is 0 Å². The zero-order chi connectivity index (χ0) is 21.6. The fourth-order valence-electron chi connectivity index (χ4n) is 3.69. The van der Waals surface area contributed by atoms with Crippen LogP contribution in [-0.2, 0) is 6.42 Å². The van der Waals surface area contributed by atoms with E-state index >= 15 is 0 Å². The molecule has 0 saturated carbocycles. The van der Waals surface area contributed by atoms with Crippen LogP contribution in [0.4, 0.5) is 15.9 Å². The highest BCUT2D eigenvalue weighted by molar-refractivity contribution is 5.55. The van der Waals surface area contributed by atoms with Gasteiger partial charge in [-0.15, -0.1) is 0 Å². The maximum atomic E-state index is 13.1. The summed E-state index contributed by atoms with van der Waals surface area (Å²) in [6.45, 7) is 7.49. The van der Waals surface area contributed by atoms with Gasteiger partial charge in [-0.2, -0.15) is 0 Å². The summed E-state index contributed by atoms with van der Waals surface area (Å²) in [5.41, 5.74) is 2.47. The first-order valence-corrected chi connectivity index (χ1v) is 10.6. The maximum absolute atomic E-state index is 13.1. The van der Waals surface area contributed by atoms with Gasteiger partial charge in [-0.1, -0.05) is 6.92 Å². The van der Waals surface area contributed by atoms with Crippen molar-refractivity contribution in [3.05, 3.63) is 70.5 Å². The van der Waals surface area contributed by atoms with Crippen molar-refractivity contribution in [2.45, 2.75) is 13.3 Å². The molecule has 3 heterocycles.